The highest BCUT2D eigenvalue weighted by Crippen LogP contribution is 2.52. The smallest absolute Gasteiger partial charge is 0.238 e. The van der Waals surface area contributed by atoms with Gasteiger partial charge in [0.2, 0.25) is 5.91 Å². The average Bonchev–Trinajstić information content (AvgIpc) is 2.79. The third kappa shape index (κ3) is 4.47. The highest BCUT2D eigenvalue weighted by molar-refractivity contribution is 6.30. The Labute approximate surface area is 205 Å². The topological polar surface area (TPSA) is 67.9 Å². The Morgan fingerprint density at radius 3 is 2.68 bits per heavy atom. The van der Waals surface area contributed by atoms with Gasteiger partial charge in [-0.25, -0.2) is 0 Å². The molecule has 0 aliphatic carbocycles. The van der Waals surface area contributed by atoms with Gasteiger partial charge >= 0.3 is 0 Å². The van der Waals surface area contributed by atoms with E-state index in [0.29, 0.717) is 22.8 Å². The minimum absolute atomic E-state index is 0.00680. The van der Waals surface area contributed by atoms with Crippen molar-refractivity contribution in [2.75, 3.05) is 18.4 Å². The quantitative estimate of drug-likeness (QED) is 0.602. The lowest BCUT2D eigenvalue weighted by molar-refractivity contribution is -0.189. The number of likely N-dealkylation sites (tertiary alicyclic amines) is 1. The van der Waals surface area contributed by atoms with Crippen LogP contribution in [0.5, 0.6) is 5.75 Å². The van der Waals surface area contributed by atoms with Crippen molar-refractivity contribution in [3.8, 4) is 5.75 Å². The second-order valence-electron chi connectivity index (χ2n) is 10.2. The molecule has 34 heavy (non-hydrogen) atoms. The first-order valence-corrected chi connectivity index (χ1v) is 12.4. The number of ketones is 1. The number of ether oxygens (including phenoxy) is 2. The second kappa shape index (κ2) is 8.99. The Kier molecular flexibility index (Phi) is 6.17. The minimum atomic E-state index is -0.389. The second-order valence-corrected chi connectivity index (χ2v) is 10.6. The molecule has 0 saturated carbocycles. The van der Waals surface area contributed by atoms with Crippen LogP contribution in [0.2, 0.25) is 5.02 Å². The van der Waals surface area contributed by atoms with Crippen LogP contribution in [0, 0.1) is 5.92 Å². The van der Waals surface area contributed by atoms with E-state index in [1.54, 1.807) is 24.3 Å². The molecule has 0 bridgehead atoms. The molecule has 5 rings (SSSR count). The van der Waals surface area contributed by atoms with Gasteiger partial charge in [0.05, 0.1) is 18.8 Å². The lowest BCUT2D eigenvalue weighted by Crippen LogP contribution is -2.59. The third-order valence-electron chi connectivity index (χ3n) is 7.48. The standard InChI is InChI=1S/C27H31ClN2O4/c1-16(31)17-6-9-19(10-7-17)29-25(32)15-30-12-4-5-24-22(30)14-21-26(33-24)20-13-18(28)8-11-23(20)34-27(21,2)3/h6-11,13,21-22,24,26H,4-5,12,14-15H2,1-3H3,(H,29,32)/t21-,22-,24-,26+/m0/s1. The number of rotatable bonds is 4. The molecule has 0 aromatic heterocycles. The summed E-state index contributed by atoms with van der Waals surface area (Å²) in [7, 11) is 0. The van der Waals surface area contributed by atoms with E-state index in [4.69, 9.17) is 21.1 Å². The zero-order valence-corrected chi connectivity index (χ0v) is 20.6. The molecular weight excluding hydrogens is 452 g/mol. The van der Waals surface area contributed by atoms with Gasteiger partial charge in [-0.3, -0.25) is 14.5 Å². The lowest BCUT2D eigenvalue weighted by atomic mass is 9.72. The molecule has 4 atom stereocenters. The fraction of sp³-hybridized carbons (Fsp3) is 0.481. The number of carbonyl (C=O) groups is 2. The first-order valence-electron chi connectivity index (χ1n) is 12.0. The van der Waals surface area contributed by atoms with Crippen LogP contribution in [-0.4, -0.2) is 47.4 Å². The molecule has 0 radical (unpaired) electrons. The molecule has 2 saturated heterocycles. The molecule has 180 valence electrons. The van der Waals surface area contributed by atoms with Gasteiger partial charge in [-0.1, -0.05) is 11.6 Å². The highest BCUT2D eigenvalue weighted by atomic mass is 35.5. The summed E-state index contributed by atoms with van der Waals surface area (Å²) in [6.45, 7) is 6.94. The van der Waals surface area contributed by atoms with Gasteiger partial charge in [0.25, 0.3) is 0 Å². The molecule has 7 heteroatoms. The summed E-state index contributed by atoms with van der Waals surface area (Å²) in [5.74, 6) is 0.946. The van der Waals surface area contributed by atoms with E-state index in [-0.39, 0.29) is 41.5 Å². The molecule has 1 amide bonds. The number of piperidine rings is 1. The Morgan fingerprint density at radius 1 is 1.18 bits per heavy atom. The molecular formula is C27H31ClN2O4. The number of amides is 1. The molecule has 6 nitrogen and oxygen atoms in total. The number of halogens is 1. The maximum absolute atomic E-state index is 12.9. The van der Waals surface area contributed by atoms with Gasteiger partial charge in [-0.2, -0.15) is 0 Å². The molecule has 2 fully saturated rings. The number of nitrogens with zero attached hydrogens (tertiary/aromatic N) is 1. The van der Waals surface area contributed by atoms with Crippen molar-refractivity contribution >= 4 is 29.0 Å². The SMILES string of the molecule is CC(=O)c1ccc(NC(=O)CN2CCC[C@@H]3O[C@@H]4c5cc(Cl)ccc5OC(C)(C)[C@H]4C[C@@H]32)cc1. The van der Waals surface area contributed by atoms with E-state index in [2.05, 4.69) is 24.1 Å². The van der Waals surface area contributed by atoms with Gasteiger partial charge in [0.1, 0.15) is 11.4 Å². The number of benzene rings is 2. The van der Waals surface area contributed by atoms with E-state index in [1.807, 2.05) is 18.2 Å². The summed E-state index contributed by atoms with van der Waals surface area (Å²) in [5, 5.41) is 3.66. The predicted octanol–water partition coefficient (Wildman–Crippen LogP) is 5.26. The Hall–Kier alpha value is -2.41. The fourth-order valence-corrected chi connectivity index (χ4v) is 5.90. The van der Waals surface area contributed by atoms with Crippen molar-refractivity contribution in [2.24, 2.45) is 5.92 Å². The number of carbonyl (C=O) groups excluding carboxylic acids is 2. The van der Waals surface area contributed by atoms with Crippen LogP contribution in [0.3, 0.4) is 0 Å². The maximum Gasteiger partial charge on any atom is 0.238 e. The number of hydrogen-bond donors (Lipinski definition) is 1. The van der Waals surface area contributed by atoms with Gasteiger partial charge in [-0.15, -0.1) is 0 Å². The monoisotopic (exact) mass is 482 g/mol. The zero-order chi connectivity index (χ0) is 24.0. The summed E-state index contributed by atoms with van der Waals surface area (Å²) in [6.07, 6.45) is 2.87. The summed E-state index contributed by atoms with van der Waals surface area (Å²) >= 11 is 6.31. The van der Waals surface area contributed by atoms with Crippen molar-refractivity contribution < 1.29 is 19.1 Å². The summed E-state index contributed by atoms with van der Waals surface area (Å²) in [5.41, 5.74) is 1.96. The number of anilines is 1. The van der Waals surface area contributed by atoms with Gasteiger partial charge in [0.15, 0.2) is 5.78 Å². The Morgan fingerprint density at radius 2 is 1.94 bits per heavy atom. The maximum atomic E-state index is 12.9. The predicted molar refractivity (Wildman–Crippen MR) is 132 cm³/mol. The number of fused-ring (bicyclic) bond motifs is 4. The van der Waals surface area contributed by atoms with E-state index in [1.165, 1.54) is 6.92 Å². The molecule has 0 spiro atoms. The van der Waals surface area contributed by atoms with E-state index >= 15 is 0 Å². The van der Waals surface area contributed by atoms with Gasteiger partial charge < -0.3 is 14.8 Å². The van der Waals surface area contributed by atoms with Crippen LogP contribution in [0.1, 0.15) is 62.1 Å². The Balaban J connectivity index is 1.31. The normalized spacial score (nSPS) is 27.5. The van der Waals surface area contributed by atoms with Crippen LogP contribution < -0.4 is 10.1 Å². The van der Waals surface area contributed by atoms with Gasteiger partial charge in [0, 0.05) is 33.8 Å². The first-order chi connectivity index (χ1) is 16.2. The lowest BCUT2D eigenvalue weighted by Gasteiger charge is -2.54. The molecule has 3 aliphatic heterocycles. The van der Waals surface area contributed by atoms with Crippen LogP contribution in [0.25, 0.3) is 0 Å². The first kappa shape index (κ1) is 23.3. The molecule has 2 aromatic carbocycles. The van der Waals surface area contributed by atoms with E-state index in [0.717, 1.165) is 37.1 Å². The van der Waals surface area contributed by atoms with Crippen LogP contribution in [0.15, 0.2) is 42.5 Å². The van der Waals surface area contributed by atoms with Crippen molar-refractivity contribution in [1.82, 2.24) is 4.90 Å². The number of nitrogens with one attached hydrogen (secondary N) is 1. The average molecular weight is 483 g/mol. The molecule has 3 heterocycles. The van der Waals surface area contributed by atoms with Crippen LogP contribution in [0.4, 0.5) is 5.69 Å². The minimum Gasteiger partial charge on any atom is -0.487 e. The summed E-state index contributed by atoms with van der Waals surface area (Å²) in [4.78, 5) is 26.6. The van der Waals surface area contributed by atoms with Crippen molar-refractivity contribution in [2.45, 2.75) is 63.9 Å². The van der Waals surface area contributed by atoms with Crippen molar-refractivity contribution in [3.05, 3.63) is 58.6 Å². The molecule has 2 aromatic rings. The number of Topliss-reactive ketones (excluding diaryl/α,β-unsaturated/α-hetero) is 1. The van der Waals surface area contributed by atoms with Gasteiger partial charge in [-0.05, 0) is 89.0 Å². The van der Waals surface area contributed by atoms with E-state index < -0.39 is 0 Å². The number of hydrogen-bond acceptors (Lipinski definition) is 5. The largest absolute Gasteiger partial charge is 0.487 e. The van der Waals surface area contributed by atoms with Crippen molar-refractivity contribution in [3.63, 3.8) is 0 Å². The Bertz CT molecular complexity index is 1100. The molecule has 3 aliphatic rings. The van der Waals surface area contributed by atoms with E-state index in [9.17, 15) is 9.59 Å². The van der Waals surface area contributed by atoms with Crippen LogP contribution in [-0.2, 0) is 9.53 Å². The summed E-state index contributed by atoms with van der Waals surface area (Å²) < 4.78 is 13.1. The third-order valence-corrected chi connectivity index (χ3v) is 7.72. The fourth-order valence-electron chi connectivity index (χ4n) is 5.72. The molecule has 0 unspecified atom stereocenters. The van der Waals surface area contributed by atoms with Crippen molar-refractivity contribution in [1.29, 1.82) is 0 Å². The zero-order valence-electron chi connectivity index (χ0n) is 19.8. The summed E-state index contributed by atoms with van der Waals surface area (Å²) in [6, 6.07) is 12.9. The highest BCUT2D eigenvalue weighted by Gasteiger charge is 2.52. The van der Waals surface area contributed by atoms with Crippen LogP contribution >= 0.6 is 11.6 Å². The molecule has 1 N–H and O–H groups in total.